The molecule has 0 aromatic heterocycles. The molecule has 3 aromatic carbocycles. The third-order valence-electron chi connectivity index (χ3n) is 7.16. The Kier molecular flexibility index (Phi) is 7.41. The summed E-state index contributed by atoms with van der Waals surface area (Å²) in [6.45, 7) is 10.0. The SMILES string of the molecule is C=CCc1cc(C2(c3ccc(O)c(CC=C)c3)c3ccccc3C/C=C\C=C/C2CC)ccc1O. The number of phenolic OH excluding ortho intramolecular Hbond substituents is 2. The van der Waals surface area contributed by atoms with Crippen LogP contribution in [0.2, 0.25) is 0 Å². The smallest absolute Gasteiger partial charge is 0.119 e. The first-order valence-electron chi connectivity index (χ1n) is 12.3. The summed E-state index contributed by atoms with van der Waals surface area (Å²) < 4.78 is 0. The fourth-order valence-corrected chi connectivity index (χ4v) is 5.55. The second-order valence-corrected chi connectivity index (χ2v) is 9.17. The molecule has 2 nitrogen and oxygen atoms in total. The van der Waals surface area contributed by atoms with E-state index >= 15 is 0 Å². The van der Waals surface area contributed by atoms with Crippen LogP contribution in [0.15, 0.2) is 110 Å². The van der Waals surface area contributed by atoms with Gasteiger partial charge in [-0.1, -0.05) is 91.9 Å². The number of allylic oxidation sites excluding steroid dienone is 6. The van der Waals surface area contributed by atoms with E-state index in [2.05, 4.69) is 92.9 Å². The molecule has 0 amide bonds. The number of aromatic hydroxyl groups is 2. The maximum Gasteiger partial charge on any atom is 0.119 e. The fourth-order valence-electron chi connectivity index (χ4n) is 5.55. The molecule has 178 valence electrons. The van der Waals surface area contributed by atoms with Crippen LogP contribution in [0.1, 0.15) is 46.7 Å². The average Bonchev–Trinajstić information content (AvgIpc) is 2.95. The maximum absolute atomic E-state index is 10.6. The summed E-state index contributed by atoms with van der Waals surface area (Å²) >= 11 is 0. The molecular formula is C33H34O2. The topological polar surface area (TPSA) is 40.5 Å². The van der Waals surface area contributed by atoms with Gasteiger partial charge in [0.1, 0.15) is 11.5 Å². The Morgan fingerprint density at radius 3 is 2.03 bits per heavy atom. The third-order valence-corrected chi connectivity index (χ3v) is 7.16. The van der Waals surface area contributed by atoms with E-state index in [1.54, 1.807) is 0 Å². The van der Waals surface area contributed by atoms with E-state index in [4.69, 9.17) is 0 Å². The maximum atomic E-state index is 10.6. The second-order valence-electron chi connectivity index (χ2n) is 9.17. The van der Waals surface area contributed by atoms with E-state index < -0.39 is 5.41 Å². The summed E-state index contributed by atoms with van der Waals surface area (Å²) in [7, 11) is 0. The van der Waals surface area contributed by atoms with Crippen molar-refractivity contribution in [3.05, 3.63) is 144 Å². The van der Waals surface area contributed by atoms with E-state index in [1.807, 2.05) is 24.3 Å². The first-order chi connectivity index (χ1) is 17.1. The molecule has 0 heterocycles. The number of benzene rings is 3. The lowest BCUT2D eigenvalue weighted by Crippen LogP contribution is -2.38. The highest BCUT2D eigenvalue weighted by molar-refractivity contribution is 5.59. The Hall–Kier alpha value is -3.78. The van der Waals surface area contributed by atoms with Crippen LogP contribution >= 0.6 is 0 Å². The van der Waals surface area contributed by atoms with Crippen molar-refractivity contribution < 1.29 is 10.2 Å². The van der Waals surface area contributed by atoms with Gasteiger partial charge in [-0.15, -0.1) is 13.2 Å². The van der Waals surface area contributed by atoms with Gasteiger partial charge in [0, 0.05) is 0 Å². The van der Waals surface area contributed by atoms with E-state index in [-0.39, 0.29) is 17.4 Å². The summed E-state index contributed by atoms with van der Waals surface area (Å²) in [5.74, 6) is 0.695. The van der Waals surface area contributed by atoms with Gasteiger partial charge in [-0.2, -0.15) is 0 Å². The van der Waals surface area contributed by atoms with E-state index in [0.717, 1.165) is 35.1 Å². The molecule has 1 aliphatic carbocycles. The van der Waals surface area contributed by atoms with Gasteiger partial charge in [-0.25, -0.2) is 0 Å². The summed E-state index contributed by atoms with van der Waals surface area (Å²) in [4.78, 5) is 0. The van der Waals surface area contributed by atoms with Crippen LogP contribution in [0.5, 0.6) is 11.5 Å². The molecule has 4 rings (SSSR count). The highest BCUT2D eigenvalue weighted by atomic mass is 16.3. The first-order valence-corrected chi connectivity index (χ1v) is 12.3. The summed E-state index contributed by atoms with van der Waals surface area (Å²) in [6, 6.07) is 20.7. The molecule has 0 fully saturated rings. The minimum Gasteiger partial charge on any atom is -0.508 e. The van der Waals surface area contributed by atoms with Crippen molar-refractivity contribution in [1.29, 1.82) is 0 Å². The minimum atomic E-state index is -0.527. The molecular weight excluding hydrogens is 428 g/mol. The molecule has 1 aliphatic rings. The molecule has 1 atom stereocenters. The third kappa shape index (κ3) is 4.49. The summed E-state index contributed by atoms with van der Waals surface area (Å²) in [5.41, 5.74) is 5.94. The molecule has 0 aliphatic heterocycles. The Bertz CT molecular complexity index is 1220. The van der Waals surface area contributed by atoms with Gasteiger partial charge in [0.15, 0.2) is 0 Å². The number of phenols is 2. The zero-order valence-corrected chi connectivity index (χ0v) is 20.5. The van der Waals surface area contributed by atoms with Crippen molar-refractivity contribution in [3.63, 3.8) is 0 Å². The van der Waals surface area contributed by atoms with Gasteiger partial charge in [-0.05, 0) is 77.1 Å². The standard InChI is InChI=1S/C33H34O2/c1-4-12-25-22-28(18-20-31(25)34)33(29-19-21-32(35)26(23-29)13-5-2)27(6-3)16-9-7-8-14-24-15-10-11-17-30(24)33/h4-5,7-11,15-23,27,34-35H,1-2,6,12-14H2,3H3/b8-7-,16-9-. The molecule has 3 aromatic rings. The molecule has 35 heavy (non-hydrogen) atoms. The Balaban J connectivity index is 2.16. The van der Waals surface area contributed by atoms with Crippen LogP contribution in [0, 0.1) is 5.92 Å². The van der Waals surface area contributed by atoms with Gasteiger partial charge in [0.2, 0.25) is 0 Å². The van der Waals surface area contributed by atoms with Crippen LogP contribution in [-0.2, 0) is 24.7 Å². The highest BCUT2D eigenvalue weighted by Crippen LogP contribution is 2.50. The second kappa shape index (κ2) is 10.7. The predicted octanol–water partition coefficient (Wildman–Crippen LogP) is 7.58. The normalized spacial score (nSPS) is 18.4. The van der Waals surface area contributed by atoms with Gasteiger partial charge in [-0.3, -0.25) is 0 Å². The van der Waals surface area contributed by atoms with Crippen LogP contribution in [0.3, 0.4) is 0 Å². The Morgan fingerprint density at radius 2 is 1.46 bits per heavy atom. The van der Waals surface area contributed by atoms with Crippen LogP contribution in [-0.4, -0.2) is 10.2 Å². The van der Waals surface area contributed by atoms with Crippen LogP contribution in [0.25, 0.3) is 0 Å². The van der Waals surface area contributed by atoms with Crippen molar-refractivity contribution in [2.24, 2.45) is 5.92 Å². The molecule has 0 saturated heterocycles. The average molecular weight is 463 g/mol. The van der Waals surface area contributed by atoms with E-state index in [1.165, 1.54) is 11.1 Å². The zero-order valence-electron chi connectivity index (χ0n) is 20.5. The summed E-state index contributed by atoms with van der Waals surface area (Å²) in [6.07, 6.45) is 15.4. The molecule has 2 heteroatoms. The van der Waals surface area contributed by atoms with Crippen molar-refractivity contribution in [1.82, 2.24) is 0 Å². The molecule has 1 unspecified atom stereocenters. The number of hydrogen-bond donors (Lipinski definition) is 2. The van der Waals surface area contributed by atoms with Gasteiger partial charge < -0.3 is 10.2 Å². The van der Waals surface area contributed by atoms with Crippen molar-refractivity contribution in [3.8, 4) is 11.5 Å². The number of fused-ring (bicyclic) bond motifs is 1. The molecule has 0 bridgehead atoms. The van der Waals surface area contributed by atoms with E-state index in [0.29, 0.717) is 12.8 Å². The van der Waals surface area contributed by atoms with Crippen molar-refractivity contribution in [2.75, 3.05) is 0 Å². The number of hydrogen-bond acceptors (Lipinski definition) is 2. The summed E-state index contributed by atoms with van der Waals surface area (Å²) in [5, 5.41) is 21.2. The quantitative estimate of drug-likeness (QED) is 0.355. The van der Waals surface area contributed by atoms with E-state index in [9.17, 15) is 10.2 Å². The fraction of sp³-hybridized carbons (Fsp3) is 0.212. The highest BCUT2D eigenvalue weighted by Gasteiger charge is 2.43. The lowest BCUT2D eigenvalue weighted by molar-refractivity contribution is 0.427. The largest absolute Gasteiger partial charge is 0.508 e. The lowest BCUT2D eigenvalue weighted by Gasteiger charge is -2.43. The minimum absolute atomic E-state index is 0.133. The van der Waals surface area contributed by atoms with Gasteiger partial charge in [0.25, 0.3) is 0 Å². The van der Waals surface area contributed by atoms with Crippen molar-refractivity contribution >= 4 is 0 Å². The predicted molar refractivity (Wildman–Crippen MR) is 146 cm³/mol. The lowest BCUT2D eigenvalue weighted by atomic mass is 9.59. The zero-order chi connectivity index (χ0) is 24.8. The first kappa shape index (κ1) is 24.3. The van der Waals surface area contributed by atoms with Gasteiger partial charge >= 0.3 is 0 Å². The molecule has 0 saturated carbocycles. The monoisotopic (exact) mass is 462 g/mol. The molecule has 2 N–H and O–H groups in total. The molecule has 0 spiro atoms. The van der Waals surface area contributed by atoms with Crippen molar-refractivity contribution in [2.45, 2.75) is 38.0 Å². The Morgan fingerprint density at radius 1 is 0.857 bits per heavy atom. The van der Waals surface area contributed by atoms with Crippen LogP contribution in [0.4, 0.5) is 0 Å². The van der Waals surface area contributed by atoms with Crippen LogP contribution < -0.4 is 0 Å². The number of rotatable bonds is 7. The van der Waals surface area contributed by atoms with Gasteiger partial charge in [0.05, 0.1) is 5.41 Å². The molecule has 0 radical (unpaired) electrons. The Labute approximate surface area is 209 Å².